The predicted octanol–water partition coefficient (Wildman–Crippen LogP) is 4.14. The van der Waals surface area contributed by atoms with Gasteiger partial charge in [-0.15, -0.1) is 0 Å². The van der Waals surface area contributed by atoms with Gasteiger partial charge < -0.3 is 14.2 Å². The van der Waals surface area contributed by atoms with Crippen LogP contribution in [0.3, 0.4) is 0 Å². The van der Waals surface area contributed by atoms with Crippen molar-refractivity contribution in [1.82, 2.24) is 9.80 Å². The minimum atomic E-state index is 0.1000. The molecule has 1 aromatic heterocycles. The number of furan rings is 1. The number of halogens is 1. The maximum atomic E-state index is 12.6. The van der Waals surface area contributed by atoms with Crippen LogP contribution in [-0.2, 0) is 0 Å². The summed E-state index contributed by atoms with van der Waals surface area (Å²) < 4.78 is 5.38. The molecule has 4 nitrogen and oxygen atoms in total. The maximum absolute atomic E-state index is 12.6. The lowest BCUT2D eigenvalue weighted by Crippen LogP contribution is -2.47. The highest BCUT2D eigenvalue weighted by Gasteiger charge is 2.20. The number of hydrogen-bond donors (Lipinski definition) is 0. The van der Waals surface area contributed by atoms with Crippen LogP contribution in [0.4, 0.5) is 0 Å². The Morgan fingerprint density at radius 2 is 1.72 bits per heavy atom. The number of benzene rings is 2. The molecule has 0 radical (unpaired) electrons. The Bertz CT molecular complexity index is 909. The molecule has 0 atom stereocenters. The van der Waals surface area contributed by atoms with Crippen molar-refractivity contribution in [2.45, 2.75) is 0 Å². The quantitative estimate of drug-likeness (QED) is 0.694. The average molecular weight is 355 g/mol. The molecule has 0 unspecified atom stereocenters. The van der Waals surface area contributed by atoms with Gasteiger partial charge in [0.05, 0.1) is 11.3 Å². The van der Waals surface area contributed by atoms with Gasteiger partial charge in [0.1, 0.15) is 0 Å². The molecule has 0 N–H and O–H groups in total. The van der Waals surface area contributed by atoms with E-state index < -0.39 is 0 Å². The number of piperazine rings is 1. The minimum Gasteiger partial charge on any atom is -0.463 e. The van der Waals surface area contributed by atoms with Gasteiger partial charge in [-0.2, -0.15) is 0 Å². The van der Waals surface area contributed by atoms with Crippen molar-refractivity contribution < 1.29 is 9.21 Å². The summed E-state index contributed by atoms with van der Waals surface area (Å²) >= 11 is 6.29. The SMILES string of the molecule is CN1CCN(C(=O)c2ccc(-c3cc(Cl)c4occc4c3)cc2)CC1. The number of hydrogen-bond acceptors (Lipinski definition) is 3. The van der Waals surface area contributed by atoms with Crippen molar-refractivity contribution in [3.05, 3.63) is 59.3 Å². The van der Waals surface area contributed by atoms with Gasteiger partial charge in [0, 0.05) is 37.1 Å². The number of carbonyl (C=O) groups is 1. The Kier molecular flexibility index (Phi) is 4.24. The number of amides is 1. The summed E-state index contributed by atoms with van der Waals surface area (Å²) in [6.45, 7) is 3.41. The molecule has 2 aromatic carbocycles. The zero-order valence-corrected chi connectivity index (χ0v) is 14.8. The van der Waals surface area contributed by atoms with Gasteiger partial charge in [-0.1, -0.05) is 23.7 Å². The van der Waals surface area contributed by atoms with E-state index in [9.17, 15) is 4.79 Å². The maximum Gasteiger partial charge on any atom is 0.253 e. The fraction of sp³-hybridized carbons (Fsp3) is 0.250. The van der Waals surface area contributed by atoms with E-state index in [1.54, 1.807) is 6.26 Å². The van der Waals surface area contributed by atoms with Gasteiger partial charge >= 0.3 is 0 Å². The van der Waals surface area contributed by atoms with Gasteiger partial charge in [-0.25, -0.2) is 0 Å². The summed E-state index contributed by atoms with van der Waals surface area (Å²) in [5.41, 5.74) is 3.47. The van der Waals surface area contributed by atoms with Gasteiger partial charge in [0.25, 0.3) is 5.91 Å². The normalized spacial score (nSPS) is 15.7. The van der Waals surface area contributed by atoms with Crippen molar-refractivity contribution in [2.75, 3.05) is 33.2 Å². The Morgan fingerprint density at radius 1 is 1.00 bits per heavy atom. The highest BCUT2D eigenvalue weighted by atomic mass is 35.5. The van der Waals surface area contributed by atoms with Gasteiger partial charge in [0.2, 0.25) is 0 Å². The molecule has 0 spiro atoms. The third kappa shape index (κ3) is 3.15. The largest absolute Gasteiger partial charge is 0.463 e. The third-order valence-electron chi connectivity index (χ3n) is 4.76. The molecular weight excluding hydrogens is 336 g/mol. The Balaban J connectivity index is 1.57. The first-order chi connectivity index (χ1) is 12.1. The van der Waals surface area contributed by atoms with E-state index in [1.807, 2.05) is 47.4 Å². The minimum absolute atomic E-state index is 0.1000. The highest BCUT2D eigenvalue weighted by Crippen LogP contribution is 2.31. The fourth-order valence-corrected chi connectivity index (χ4v) is 3.47. The lowest BCUT2D eigenvalue weighted by atomic mass is 10.0. The average Bonchev–Trinajstić information content (AvgIpc) is 3.11. The van der Waals surface area contributed by atoms with Crippen LogP contribution >= 0.6 is 11.6 Å². The highest BCUT2D eigenvalue weighted by molar-refractivity contribution is 6.35. The van der Waals surface area contributed by atoms with E-state index in [-0.39, 0.29) is 5.91 Å². The molecule has 5 heteroatoms. The van der Waals surface area contributed by atoms with Crippen LogP contribution < -0.4 is 0 Å². The summed E-state index contributed by atoms with van der Waals surface area (Å²) in [5.74, 6) is 0.1000. The molecule has 3 aromatic rings. The van der Waals surface area contributed by atoms with E-state index in [4.69, 9.17) is 16.0 Å². The topological polar surface area (TPSA) is 36.7 Å². The monoisotopic (exact) mass is 354 g/mol. The number of likely N-dealkylation sites (N-methyl/N-ethyl adjacent to an activating group) is 1. The second kappa shape index (κ2) is 6.54. The number of rotatable bonds is 2. The van der Waals surface area contributed by atoms with Gasteiger partial charge in [-0.3, -0.25) is 4.79 Å². The number of carbonyl (C=O) groups excluding carboxylic acids is 1. The van der Waals surface area contributed by atoms with E-state index >= 15 is 0 Å². The lowest BCUT2D eigenvalue weighted by molar-refractivity contribution is 0.0664. The van der Waals surface area contributed by atoms with E-state index in [2.05, 4.69) is 11.9 Å². The van der Waals surface area contributed by atoms with Crippen LogP contribution in [-0.4, -0.2) is 48.9 Å². The molecule has 0 aliphatic carbocycles. The van der Waals surface area contributed by atoms with Crippen LogP contribution in [0.15, 0.2) is 53.1 Å². The lowest BCUT2D eigenvalue weighted by Gasteiger charge is -2.32. The molecular formula is C20H19ClN2O2. The van der Waals surface area contributed by atoms with Crippen LogP contribution in [0, 0.1) is 0 Å². The zero-order chi connectivity index (χ0) is 17.4. The summed E-state index contributed by atoms with van der Waals surface area (Å²) in [7, 11) is 2.08. The molecule has 1 fully saturated rings. The molecule has 1 aliphatic heterocycles. The van der Waals surface area contributed by atoms with Crippen LogP contribution in [0.25, 0.3) is 22.1 Å². The molecule has 4 rings (SSSR count). The van der Waals surface area contributed by atoms with Crippen LogP contribution in [0.1, 0.15) is 10.4 Å². The fourth-order valence-electron chi connectivity index (χ4n) is 3.20. The standard InChI is InChI=1S/C20H19ClN2O2/c1-22-7-9-23(10-8-22)20(24)15-4-2-14(3-5-15)17-12-16-6-11-25-19(16)18(21)13-17/h2-6,11-13H,7-10H2,1H3. The summed E-state index contributed by atoms with van der Waals surface area (Å²) in [4.78, 5) is 16.8. The molecule has 1 saturated heterocycles. The zero-order valence-electron chi connectivity index (χ0n) is 14.0. The van der Waals surface area contributed by atoms with E-state index in [0.29, 0.717) is 10.6 Å². The van der Waals surface area contributed by atoms with Crippen molar-refractivity contribution >= 4 is 28.5 Å². The first-order valence-electron chi connectivity index (χ1n) is 8.37. The van der Waals surface area contributed by atoms with E-state index in [0.717, 1.165) is 48.3 Å². The number of fused-ring (bicyclic) bond motifs is 1. The molecule has 128 valence electrons. The van der Waals surface area contributed by atoms with Crippen LogP contribution in [0.2, 0.25) is 5.02 Å². The van der Waals surface area contributed by atoms with Crippen molar-refractivity contribution in [1.29, 1.82) is 0 Å². The first-order valence-corrected chi connectivity index (χ1v) is 8.74. The van der Waals surface area contributed by atoms with E-state index in [1.165, 1.54) is 0 Å². The molecule has 2 heterocycles. The predicted molar refractivity (Wildman–Crippen MR) is 100 cm³/mol. The smallest absolute Gasteiger partial charge is 0.253 e. The number of nitrogens with zero attached hydrogens (tertiary/aromatic N) is 2. The molecule has 25 heavy (non-hydrogen) atoms. The second-order valence-electron chi connectivity index (χ2n) is 6.47. The summed E-state index contributed by atoms with van der Waals surface area (Å²) in [6.07, 6.45) is 1.64. The van der Waals surface area contributed by atoms with Crippen molar-refractivity contribution in [3.63, 3.8) is 0 Å². The third-order valence-corrected chi connectivity index (χ3v) is 5.04. The first kappa shape index (κ1) is 16.2. The van der Waals surface area contributed by atoms with Crippen molar-refractivity contribution in [2.24, 2.45) is 0 Å². The molecule has 1 aliphatic rings. The Hall–Kier alpha value is -2.30. The Morgan fingerprint density at radius 3 is 2.44 bits per heavy atom. The van der Waals surface area contributed by atoms with Gasteiger partial charge in [0.15, 0.2) is 5.58 Å². The Labute approximate surface area is 151 Å². The second-order valence-corrected chi connectivity index (χ2v) is 6.88. The summed E-state index contributed by atoms with van der Waals surface area (Å²) in [6, 6.07) is 13.6. The van der Waals surface area contributed by atoms with Crippen molar-refractivity contribution in [3.8, 4) is 11.1 Å². The van der Waals surface area contributed by atoms with Crippen LogP contribution in [0.5, 0.6) is 0 Å². The molecule has 0 saturated carbocycles. The molecule has 1 amide bonds. The summed E-state index contributed by atoms with van der Waals surface area (Å²) in [5, 5.41) is 1.56. The van der Waals surface area contributed by atoms with Gasteiger partial charge in [-0.05, 0) is 48.5 Å². The molecule has 0 bridgehead atoms.